The number of benzene rings is 1. The van der Waals surface area contributed by atoms with Crippen molar-refractivity contribution >= 4 is 22.9 Å². The van der Waals surface area contributed by atoms with Crippen LogP contribution in [-0.4, -0.2) is 57.7 Å². The second-order valence-corrected chi connectivity index (χ2v) is 8.54. The van der Waals surface area contributed by atoms with Gasteiger partial charge in [0.15, 0.2) is 17.1 Å². The summed E-state index contributed by atoms with van der Waals surface area (Å²) in [6, 6.07) is 11.5. The van der Waals surface area contributed by atoms with Gasteiger partial charge in [0.2, 0.25) is 0 Å². The van der Waals surface area contributed by atoms with Crippen molar-refractivity contribution in [3.05, 3.63) is 59.5 Å². The molecule has 1 unspecified atom stereocenters. The summed E-state index contributed by atoms with van der Waals surface area (Å²) in [4.78, 5) is 19.7. The number of piperidine rings is 1. The van der Waals surface area contributed by atoms with Crippen LogP contribution in [0.5, 0.6) is 11.5 Å². The molecule has 1 fully saturated rings. The molecule has 1 aliphatic rings. The molecule has 1 aliphatic heterocycles. The number of likely N-dealkylation sites (tertiary alicyclic amines) is 1. The number of carbonyl (C=O) groups excluding carboxylic acids is 1. The maximum absolute atomic E-state index is 13.2. The third kappa shape index (κ3) is 3.69. The minimum absolute atomic E-state index is 0.0495. The molecule has 164 valence electrons. The number of rotatable bonds is 5. The van der Waals surface area contributed by atoms with E-state index < -0.39 is 0 Å². The molecule has 4 aromatic rings. The van der Waals surface area contributed by atoms with Gasteiger partial charge in [-0.25, -0.2) is 4.98 Å². The van der Waals surface area contributed by atoms with Gasteiger partial charge in [0, 0.05) is 36.1 Å². The first-order valence-corrected chi connectivity index (χ1v) is 11.3. The zero-order valence-corrected chi connectivity index (χ0v) is 18.7. The average Bonchev–Trinajstić information content (AvgIpc) is 3.51. The molecule has 0 aliphatic carbocycles. The van der Waals surface area contributed by atoms with Crippen LogP contribution >= 0.6 is 11.3 Å². The van der Waals surface area contributed by atoms with E-state index in [1.54, 1.807) is 14.2 Å². The Bertz CT molecular complexity index is 1270. The number of nitrogens with zero attached hydrogens (tertiary/aromatic N) is 5. The van der Waals surface area contributed by atoms with Gasteiger partial charge in [-0.3, -0.25) is 9.20 Å². The summed E-state index contributed by atoms with van der Waals surface area (Å²) < 4.78 is 12.7. The van der Waals surface area contributed by atoms with Gasteiger partial charge in [0.05, 0.1) is 14.2 Å². The van der Waals surface area contributed by atoms with Gasteiger partial charge in [0.1, 0.15) is 16.5 Å². The zero-order valence-electron chi connectivity index (χ0n) is 17.9. The van der Waals surface area contributed by atoms with Crippen molar-refractivity contribution in [2.45, 2.75) is 18.8 Å². The standard InChI is InChI=1S/C23H23N5O3S/c1-30-18-9-8-15(12-19(18)31-2)22-24-17(14-32-22)23(29)27-10-5-6-16(13-27)21-26-25-20-7-3-4-11-28(20)21/h3-4,7-9,11-12,14,16H,5-6,10,13H2,1-2H3. The summed E-state index contributed by atoms with van der Waals surface area (Å²) in [6.07, 6.45) is 3.87. The van der Waals surface area contributed by atoms with E-state index in [0.717, 1.165) is 41.4 Å². The fourth-order valence-corrected chi connectivity index (χ4v) is 4.94. The number of aromatic nitrogens is 4. The van der Waals surface area contributed by atoms with E-state index in [1.807, 2.05) is 57.3 Å². The van der Waals surface area contributed by atoms with Gasteiger partial charge < -0.3 is 14.4 Å². The Balaban J connectivity index is 1.35. The van der Waals surface area contributed by atoms with Gasteiger partial charge in [-0.05, 0) is 43.2 Å². The average molecular weight is 450 g/mol. The van der Waals surface area contributed by atoms with Crippen LogP contribution in [0.15, 0.2) is 48.0 Å². The number of carbonyl (C=O) groups is 1. The molecule has 4 heterocycles. The van der Waals surface area contributed by atoms with Gasteiger partial charge in [0.25, 0.3) is 5.91 Å². The Morgan fingerprint density at radius 3 is 2.84 bits per heavy atom. The summed E-state index contributed by atoms with van der Waals surface area (Å²) in [7, 11) is 3.20. The normalized spacial score (nSPS) is 16.3. The Labute approximate surface area is 189 Å². The van der Waals surface area contributed by atoms with Crippen LogP contribution in [0.1, 0.15) is 35.1 Å². The van der Waals surface area contributed by atoms with Crippen LogP contribution in [0.25, 0.3) is 16.2 Å². The Kier molecular flexibility index (Phi) is 5.48. The highest BCUT2D eigenvalue weighted by atomic mass is 32.1. The number of methoxy groups -OCH3 is 2. The second kappa shape index (κ2) is 8.58. The smallest absolute Gasteiger partial charge is 0.273 e. The lowest BCUT2D eigenvalue weighted by Crippen LogP contribution is -2.39. The molecule has 3 aromatic heterocycles. The lowest BCUT2D eigenvalue weighted by Gasteiger charge is -2.31. The molecule has 1 saturated heterocycles. The number of pyridine rings is 1. The van der Waals surface area contributed by atoms with E-state index in [1.165, 1.54) is 11.3 Å². The quantitative estimate of drug-likeness (QED) is 0.460. The van der Waals surface area contributed by atoms with E-state index in [-0.39, 0.29) is 11.8 Å². The molecular formula is C23H23N5O3S. The molecule has 0 saturated carbocycles. The van der Waals surface area contributed by atoms with E-state index in [0.29, 0.717) is 23.7 Å². The summed E-state index contributed by atoms with van der Waals surface area (Å²) in [6.45, 7) is 1.33. The molecule has 5 rings (SSSR count). The minimum Gasteiger partial charge on any atom is -0.493 e. The van der Waals surface area contributed by atoms with Crippen LogP contribution in [0.4, 0.5) is 0 Å². The molecule has 32 heavy (non-hydrogen) atoms. The molecule has 8 nitrogen and oxygen atoms in total. The van der Waals surface area contributed by atoms with Crippen molar-refractivity contribution in [2.75, 3.05) is 27.3 Å². The van der Waals surface area contributed by atoms with Crippen LogP contribution in [-0.2, 0) is 0 Å². The highest BCUT2D eigenvalue weighted by molar-refractivity contribution is 7.13. The molecule has 0 N–H and O–H groups in total. The van der Waals surface area contributed by atoms with Crippen LogP contribution < -0.4 is 9.47 Å². The lowest BCUT2D eigenvalue weighted by atomic mass is 9.97. The van der Waals surface area contributed by atoms with Crippen molar-refractivity contribution in [2.24, 2.45) is 0 Å². The molecule has 9 heteroatoms. The lowest BCUT2D eigenvalue weighted by molar-refractivity contribution is 0.0699. The van der Waals surface area contributed by atoms with Gasteiger partial charge >= 0.3 is 0 Å². The first kappa shape index (κ1) is 20.4. The first-order valence-electron chi connectivity index (χ1n) is 10.4. The topological polar surface area (TPSA) is 81.9 Å². The maximum atomic E-state index is 13.2. The zero-order chi connectivity index (χ0) is 22.1. The number of thiazole rings is 1. The molecule has 0 bridgehead atoms. The van der Waals surface area contributed by atoms with Crippen LogP contribution in [0.2, 0.25) is 0 Å². The van der Waals surface area contributed by atoms with Crippen molar-refractivity contribution in [1.29, 1.82) is 0 Å². The number of ether oxygens (including phenoxy) is 2. The second-order valence-electron chi connectivity index (χ2n) is 7.69. The number of amides is 1. The van der Waals surface area contributed by atoms with Gasteiger partial charge in [-0.15, -0.1) is 21.5 Å². The third-order valence-corrected chi connectivity index (χ3v) is 6.66. The van der Waals surface area contributed by atoms with Crippen molar-refractivity contribution < 1.29 is 14.3 Å². The van der Waals surface area contributed by atoms with Crippen molar-refractivity contribution in [1.82, 2.24) is 24.5 Å². The fraction of sp³-hybridized carbons (Fsp3) is 0.304. The molecule has 0 spiro atoms. The molecule has 0 radical (unpaired) electrons. The summed E-state index contributed by atoms with van der Waals surface area (Å²) >= 11 is 1.45. The Hall–Kier alpha value is -3.46. The van der Waals surface area contributed by atoms with Crippen molar-refractivity contribution in [3.63, 3.8) is 0 Å². The first-order chi connectivity index (χ1) is 15.7. The Morgan fingerprint density at radius 1 is 1.12 bits per heavy atom. The molecular weight excluding hydrogens is 426 g/mol. The summed E-state index contributed by atoms with van der Waals surface area (Å²) in [5, 5.41) is 11.3. The van der Waals surface area contributed by atoms with E-state index in [4.69, 9.17) is 9.47 Å². The van der Waals surface area contributed by atoms with E-state index >= 15 is 0 Å². The van der Waals surface area contributed by atoms with Crippen LogP contribution in [0, 0.1) is 0 Å². The predicted molar refractivity (Wildman–Crippen MR) is 122 cm³/mol. The minimum atomic E-state index is -0.0495. The van der Waals surface area contributed by atoms with E-state index in [9.17, 15) is 4.79 Å². The third-order valence-electron chi connectivity index (χ3n) is 5.77. The molecule has 1 atom stereocenters. The van der Waals surface area contributed by atoms with E-state index in [2.05, 4.69) is 15.2 Å². The maximum Gasteiger partial charge on any atom is 0.273 e. The summed E-state index contributed by atoms with van der Waals surface area (Å²) in [5.74, 6) is 2.29. The van der Waals surface area contributed by atoms with Gasteiger partial charge in [-0.2, -0.15) is 0 Å². The fourth-order valence-electron chi connectivity index (χ4n) is 4.15. The van der Waals surface area contributed by atoms with Crippen LogP contribution in [0.3, 0.4) is 0 Å². The predicted octanol–water partition coefficient (Wildman–Crippen LogP) is 3.89. The number of fused-ring (bicyclic) bond motifs is 1. The highest BCUT2D eigenvalue weighted by Crippen LogP contribution is 2.34. The monoisotopic (exact) mass is 449 g/mol. The van der Waals surface area contributed by atoms with Crippen molar-refractivity contribution in [3.8, 4) is 22.1 Å². The summed E-state index contributed by atoms with van der Waals surface area (Å²) in [5.41, 5.74) is 2.18. The highest BCUT2D eigenvalue weighted by Gasteiger charge is 2.29. The number of hydrogen-bond donors (Lipinski definition) is 0. The largest absolute Gasteiger partial charge is 0.493 e. The Morgan fingerprint density at radius 2 is 2.00 bits per heavy atom. The molecule has 1 amide bonds. The van der Waals surface area contributed by atoms with Gasteiger partial charge in [-0.1, -0.05) is 6.07 Å². The molecule has 1 aromatic carbocycles. The number of hydrogen-bond acceptors (Lipinski definition) is 7. The SMILES string of the molecule is COc1ccc(-c2nc(C(=O)N3CCCC(c4nnc5ccccn45)C3)cs2)cc1OC.